The van der Waals surface area contributed by atoms with E-state index in [1.165, 1.54) is 30.2 Å². The Hall–Kier alpha value is -4.00. The second-order valence-electron chi connectivity index (χ2n) is 15.7. The number of aromatic nitrogens is 1. The summed E-state index contributed by atoms with van der Waals surface area (Å²) < 4.78 is 79.2. The molecule has 2 aliphatic carbocycles. The Kier molecular flexibility index (Phi) is 12.2. The molecule has 3 fully saturated rings. The molecule has 2 aliphatic heterocycles. The summed E-state index contributed by atoms with van der Waals surface area (Å²) >= 11 is 1.38. The lowest BCUT2D eigenvalue weighted by molar-refractivity contribution is -0.244. The fourth-order valence-corrected chi connectivity index (χ4v) is 8.68. The number of carbonyl (C=O) groups excluding carboxylic acids is 4. The maximum atomic E-state index is 14.6. The molecule has 0 bridgehead atoms. The first-order valence-corrected chi connectivity index (χ1v) is 20.6. The summed E-state index contributed by atoms with van der Waals surface area (Å²) in [5.41, 5.74) is -4.50. The van der Waals surface area contributed by atoms with Crippen LogP contribution in [0.1, 0.15) is 84.6 Å². The van der Waals surface area contributed by atoms with E-state index in [0.29, 0.717) is 51.0 Å². The van der Waals surface area contributed by atoms with Crippen LogP contribution in [0.5, 0.6) is 0 Å². The van der Waals surface area contributed by atoms with Gasteiger partial charge in [0.1, 0.15) is 28.7 Å². The molecule has 0 spiro atoms. The highest BCUT2D eigenvalue weighted by atomic mass is 32.2. The SMILES string of the molecule is CN=C(/C=C/c1nccs1)O[C@@H]1C[C@H]2C(=O)N[C@]3(C(=O)NS(=O)(=O)C4(C)CC4)C[C@H]3/C=C\CC[C@H](C)C[C@@H](C)[C@H](NC(=O)OC(C)(C)C(F)(F)F)C(=O)N2C1. The Morgan fingerprint density at radius 2 is 1.89 bits per heavy atom. The number of alkyl carbamates (subject to hydrolysis) is 1. The highest BCUT2D eigenvalue weighted by molar-refractivity contribution is 7.91. The molecule has 0 aromatic carbocycles. The monoisotopic (exact) mass is 814 g/mol. The predicted octanol–water partition coefficient (Wildman–Crippen LogP) is 4.49. The van der Waals surface area contributed by atoms with Gasteiger partial charge in [-0.2, -0.15) is 13.2 Å². The van der Waals surface area contributed by atoms with Crippen molar-refractivity contribution in [2.24, 2.45) is 22.7 Å². The first-order chi connectivity index (χ1) is 25.6. The number of ether oxygens (including phenoxy) is 2. The molecular weight excluding hydrogens is 766 g/mol. The topological polar surface area (TPSA) is 185 Å². The van der Waals surface area contributed by atoms with E-state index < -0.39 is 85.9 Å². The van der Waals surface area contributed by atoms with Crippen LogP contribution in [0.4, 0.5) is 18.0 Å². The number of hydrogen-bond donors (Lipinski definition) is 3. The zero-order valence-electron chi connectivity index (χ0n) is 31.6. The number of halogens is 3. The highest BCUT2D eigenvalue weighted by Crippen LogP contribution is 2.47. The third-order valence-corrected chi connectivity index (χ3v) is 13.8. The van der Waals surface area contributed by atoms with Gasteiger partial charge in [0, 0.05) is 37.0 Å². The van der Waals surface area contributed by atoms with E-state index in [4.69, 9.17) is 9.47 Å². The number of carbonyl (C=O) groups is 4. The number of sulfonamides is 1. The number of allylic oxidation sites excluding steroid dienone is 1. The Bertz CT molecular complexity index is 1830. The van der Waals surface area contributed by atoms with Crippen LogP contribution in [0, 0.1) is 17.8 Å². The minimum absolute atomic E-state index is 0.0284. The molecule has 3 N–H and O–H groups in total. The van der Waals surface area contributed by atoms with Crippen molar-refractivity contribution < 1.29 is 50.2 Å². The van der Waals surface area contributed by atoms with Gasteiger partial charge in [0.25, 0.3) is 5.91 Å². The molecular formula is C36H49F3N6O8S2. The molecule has 7 atom stereocenters. The molecule has 4 amide bonds. The molecule has 3 heterocycles. The Morgan fingerprint density at radius 3 is 2.51 bits per heavy atom. The minimum atomic E-state index is -4.91. The Labute approximate surface area is 322 Å². The molecule has 4 aliphatic rings. The molecule has 5 rings (SSSR count). The molecule has 55 heavy (non-hydrogen) atoms. The lowest BCUT2D eigenvalue weighted by atomic mass is 9.88. The average molecular weight is 815 g/mol. The van der Waals surface area contributed by atoms with Crippen LogP contribution in [-0.4, -0.2) is 102 Å². The van der Waals surface area contributed by atoms with Gasteiger partial charge in [-0.15, -0.1) is 11.3 Å². The van der Waals surface area contributed by atoms with E-state index in [0.717, 1.165) is 0 Å². The number of aliphatic imine (C=N–C) groups is 1. The fourth-order valence-electron chi connectivity index (χ4n) is 6.84. The first-order valence-electron chi connectivity index (χ1n) is 18.2. The molecule has 19 heteroatoms. The van der Waals surface area contributed by atoms with Gasteiger partial charge in [-0.25, -0.2) is 18.2 Å². The summed E-state index contributed by atoms with van der Waals surface area (Å²) in [4.78, 5) is 65.3. The van der Waals surface area contributed by atoms with Gasteiger partial charge in [0.05, 0.1) is 11.3 Å². The third-order valence-electron chi connectivity index (χ3n) is 10.9. The molecule has 0 radical (unpaired) electrons. The lowest BCUT2D eigenvalue weighted by Crippen LogP contribution is -2.59. The van der Waals surface area contributed by atoms with Gasteiger partial charge >= 0.3 is 12.3 Å². The summed E-state index contributed by atoms with van der Waals surface area (Å²) in [6, 6.07) is -2.72. The van der Waals surface area contributed by atoms with Gasteiger partial charge in [-0.05, 0) is 77.2 Å². The molecule has 2 saturated carbocycles. The van der Waals surface area contributed by atoms with Crippen LogP contribution in [0.2, 0.25) is 0 Å². The number of alkyl halides is 3. The van der Waals surface area contributed by atoms with Crippen LogP contribution in [0.25, 0.3) is 6.08 Å². The molecule has 14 nitrogen and oxygen atoms in total. The van der Waals surface area contributed by atoms with Crippen molar-refractivity contribution in [2.45, 2.75) is 120 Å². The predicted molar refractivity (Wildman–Crippen MR) is 198 cm³/mol. The average Bonchev–Trinajstić information content (AvgIpc) is 3.85. The van der Waals surface area contributed by atoms with Crippen molar-refractivity contribution in [1.29, 1.82) is 0 Å². The normalized spacial score (nSPS) is 30.9. The number of amides is 4. The highest BCUT2D eigenvalue weighted by Gasteiger charge is 2.63. The third kappa shape index (κ3) is 9.52. The summed E-state index contributed by atoms with van der Waals surface area (Å²) in [5, 5.41) is 7.60. The quantitative estimate of drug-likeness (QED) is 0.193. The van der Waals surface area contributed by atoms with Crippen molar-refractivity contribution in [2.75, 3.05) is 13.6 Å². The van der Waals surface area contributed by atoms with E-state index in [2.05, 4.69) is 25.3 Å². The van der Waals surface area contributed by atoms with E-state index in [1.54, 1.807) is 36.7 Å². The van der Waals surface area contributed by atoms with Crippen molar-refractivity contribution in [1.82, 2.24) is 25.2 Å². The van der Waals surface area contributed by atoms with Gasteiger partial charge in [-0.1, -0.05) is 26.0 Å². The molecule has 0 unspecified atom stereocenters. The smallest absolute Gasteiger partial charge is 0.427 e. The standard InChI is InChI=1S/C36H49F3N6O8S2/c1-21-9-7-8-10-23-19-35(23,31(48)44-55(50,51)34(5)13-14-34)43-29(46)25-18-24(52-26(40-6)11-12-27-41-15-16-54-27)20-45(25)30(47)28(22(2)17-21)42-32(49)53-33(3,4)36(37,38)39/h8,10-12,15-16,21-25,28H,7,9,13-14,17-20H2,1-6H3,(H,42,49)(H,43,46)(H,44,48)/b10-8-,12-11+,40-26?/t21-,22+,23+,24+,25-,28-,35+/m0/s1. The van der Waals surface area contributed by atoms with Crippen LogP contribution in [0.15, 0.2) is 34.8 Å². The minimum Gasteiger partial charge on any atom is -0.473 e. The maximum Gasteiger partial charge on any atom is 0.427 e. The molecule has 1 saturated heterocycles. The summed E-state index contributed by atoms with van der Waals surface area (Å²) in [6.07, 6.45) is 3.63. The number of rotatable bonds is 8. The molecule has 1 aromatic rings. The van der Waals surface area contributed by atoms with Gasteiger partial charge in [0.15, 0.2) is 0 Å². The summed E-state index contributed by atoms with van der Waals surface area (Å²) in [6.45, 7) is 6.34. The van der Waals surface area contributed by atoms with Gasteiger partial charge < -0.3 is 25.0 Å². The van der Waals surface area contributed by atoms with Gasteiger partial charge in [-0.3, -0.25) is 24.1 Å². The molecule has 304 valence electrons. The van der Waals surface area contributed by atoms with E-state index >= 15 is 0 Å². The fraction of sp³-hybridized carbons (Fsp3) is 0.667. The van der Waals surface area contributed by atoms with Crippen molar-refractivity contribution >= 4 is 57.1 Å². The first kappa shape index (κ1) is 42.1. The zero-order chi connectivity index (χ0) is 40.6. The van der Waals surface area contributed by atoms with Crippen LogP contribution in [0.3, 0.4) is 0 Å². The van der Waals surface area contributed by atoms with Crippen molar-refractivity contribution in [3.05, 3.63) is 34.8 Å². The summed E-state index contributed by atoms with van der Waals surface area (Å²) in [7, 11) is -2.57. The van der Waals surface area contributed by atoms with Gasteiger partial charge in [0.2, 0.25) is 33.3 Å². The van der Waals surface area contributed by atoms with E-state index in [-0.39, 0.29) is 31.2 Å². The number of nitrogens with zero attached hydrogens (tertiary/aromatic N) is 3. The van der Waals surface area contributed by atoms with Crippen molar-refractivity contribution in [3.63, 3.8) is 0 Å². The zero-order valence-corrected chi connectivity index (χ0v) is 33.3. The van der Waals surface area contributed by atoms with E-state index in [1.807, 2.05) is 13.0 Å². The van der Waals surface area contributed by atoms with Crippen molar-refractivity contribution in [3.8, 4) is 0 Å². The van der Waals surface area contributed by atoms with E-state index in [9.17, 15) is 40.8 Å². The maximum absolute atomic E-state index is 14.6. The van der Waals surface area contributed by atoms with Crippen LogP contribution in [-0.2, 0) is 33.9 Å². The van der Waals surface area contributed by atoms with Crippen LogP contribution >= 0.6 is 11.3 Å². The Morgan fingerprint density at radius 1 is 1.18 bits per heavy atom. The second-order valence-corrected chi connectivity index (χ2v) is 18.9. The molecule has 1 aromatic heterocycles. The number of fused-ring (bicyclic) bond motifs is 2. The number of nitrogens with one attached hydrogen (secondary N) is 3. The largest absolute Gasteiger partial charge is 0.473 e. The number of hydrogen-bond acceptors (Lipinski definition) is 11. The Balaban J connectivity index is 1.48. The van der Waals surface area contributed by atoms with Crippen LogP contribution < -0.4 is 15.4 Å². The summed E-state index contributed by atoms with van der Waals surface area (Å²) in [5.74, 6) is -3.47. The number of thiazole rings is 1. The second kappa shape index (κ2) is 15.9. The lowest BCUT2D eigenvalue weighted by Gasteiger charge is -2.34.